The van der Waals surface area contributed by atoms with Crippen LogP contribution in [0, 0.1) is 25.6 Å². The number of nitrogens with zero attached hydrogens (tertiary/aromatic N) is 3. The number of benzene rings is 1. The van der Waals surface area contributed by atoms with Crippen molar-refractivity contribution in [2.45, 2.75) is 71.6 Å². The molecule has 2 aliphatic rings. The molecule has 0 saturated carbocycles. The number of hydrogen-bond donors (Lipinski definition) is 1. The highest BCUT2D eigenvalue weighted by Gasteiger charge is 2.50. The van der Waals surface area contributed by atoms with Gasteiger partial charge in [-0.2, -0.15) is 8.42 Å². The van der Waals surface area contributed by atoms with E-state index >= 15 is 0 Å². The first-order valence-corrected chi connectivity index (χ1v) is 12.1. The Labute approximate surface area is 208 Å². The molecular weight excluding hydrogens is 475 g/mol. The lowest BCUT2D eigenvalue weighted by Crippen LogP contribution is -2.41. The highest BCUT2D eigenvalue weighted by Crippen LogP contribution is 2.42. The quantitative estimate of drug-likeness (QED) is 0.632. The van der Waals surface area contributed by atoms with Crippen molar-refractivity contribution in [1.29, 1.82) is 0 Å². The zero-order valence-electron chi connectivity index (χ0n) is 20.5. The molecule has 1 N–H and O–H groups in total. The minimum Gasteiger partial charge on any atom is -0.477 e. The molecule has 3 atom stereocenters. The molecule has 1 aromatic heterocycles. The number of carbonyl (C=O) groups is 1. The third-order valence-corrected chi connectivity index (χ3v) is 6.12. The molecule has 2 fully saturated rings. The van der Waals surface area contributed by atoms with Crippen LogP contribution in [-0.4, -0.2) is 53.7 Å². The molecule has 3 unspecified atom stereocenters. The molecule has 2 saturated heterocycles. The lowest BCUT2D eigenvalue weighted by molar-refractivity contribution is 0.0198. The van der Waals surface area contributed by atoms with Gasteiger partial charge in [-0.25, -0.2) is 19.2 Å². The van der Waals surface area contributed by atoms with E-state index in [0.717, 1.165) is 24.8 Å². The molecule has 190 valence electrons. The Kier molecular flexibility index (Phi) is 8.42. The summed E-state index contributed by atoms with van der Waals surface area (Å²) in [4.78, 5) is 23.1. The van der Waals surface area contributed by atoms with E-state index < -0.39 is 17.2 Å². The Balaban J connectivity index is 0.00000108. The van der Waals surface area contributed by atoms with Gasteiger partial charge in [0.25, 0.3) is 0 Å². The fourth-order valence-corrected chi connectivity index (χ4v) is 4.63. The lowest BCUT2D eigenvalue weighted by atomic mass is 9.90. The summed E-state index contributed by atoms with van der Waals surface area (Å²) < 4.78 is 42.5. The van der Waals surface area contributed by atoms with E-state index in [4.69, 9.17) is 17.9 Å². The maximum absolute atomic E-state index is 14.2. The topological polar surface area (TPSA) is 111 Å². The highest BCUT2D eigenvalue weighted by molar-refractivity contribution is 7.51. The van der Waals surface area contributed by atoms with Crippen LogP contribution in [0.5, 0.6) is 5.88 Å². The molecular formula is C24H31FN4O5S. The number of fused-ring (bicyclic) bond motifs is 2. The van der Waals surface area contributed by atoms with E-state index in [1.807, 2.05) is 45.6 Å². The van der Waals surface area contributed by atoms with E-state index in [1.54, 1.807) is 6.07 Å². The van der Waals surface area contributed by atoms with Gasteiger partial charge >= 0.3 is 17.7 Å². The third-order valence-electron chi connectivity index (χ3n) is 6.12. The second-order valence-electron chi connectivity index (χ2n) is 9.82. The second kappa shape index (κ2) is 11.1. The van der Waals surface area contributed by atoms with Gasteiger partial charge in [-0.15, -0.1) is 0 Å². The van der Waals surface area contributed by atoms with E-state index in [1.165, 1.54) is 12.4 Å². The van der Waals surface area contributed by atoms with Gasteiger partial charge in [0.05, 0.1) is 17.9 Å². The van der Waals surface area contributed by atoms with Crippen molar-refractivity contribution in [3.05, 3.63) is 41.5 Å². The van der Waals surface area contributed by atoms with E-state index in [0.29, 0.717) is 29.6 Å². The molecule has 2 aromatic rings. The van der Waals surface area contributed by atoms with Crippen molar-refractivity contribution >= 4 is 29.2 Å². The van der Waals surface area contributed by atoms with Crippen LogP contribution >= 0.6 is 0 Å². The average molecular weight is 507 g/mol. The minimum atomic E-state index is -0.750. The first-order valence-electron chi connectivity index (χ1n) is 11.4. The number of aromatic nitrogens is 2. The Hall–Kier alpha value is -3.08. The predicted molar refractivity (Wildman–Crippen MR) is 129 cm³/mol. The number of amides is 1. The SMILES string of the molecule is Cc1ccc(Nc2ncnc(OCC3CC4CCC3N4C(=O)OC(C)(C)C)c2C)c(F)c1.O=S=O. The summed E-state index contributed by atoms with van der Waals surface area (Å²) >= 11 is -0.750. The molecule has 2 aliphatic heterocycles. The normalized spacial score (nSPS) is 20.6. The monoisotopic (exact) mass is 506 g/mol. The molecule has 35 heavy (non-hydrogen) atoms. The smallest absolute Gasteiger partial charge is 0.410 e. The number of aryl methyl sites for hydroxylation is 1. The summed E-state index contributed by atoms with van der Waals surface area (Å²) in [6.07, 6.45) is 4.03. The highest BCUT2D eigenvalue weighted by atomic mass is 32.1. The number of nitrogens with one attached hydrogen (secondary N) is 1. The molecule has 1 amide bonds. The molecule has 3 heterocycles. The zero-order valence-corrected chi connectivity index (χ0v) is 21.4. The fraction of sp³-hybridized carbons (Fsp3) is 0.542. The van der Waals surface area contributed by atoms with Gasteiger partial charge in [0.2, 0.25) is 5.88 Å². The Morgan fingerprint density at radius 2 is 1.94 bits per heavy atom. The summed E-state index contributed by atoms with van der Waals surface area (Å²) in [7, 11) is 0. The molecule has 0 radical (unpaired) electrons. The Morgan fingerprint density at radius 1 is 1.23 bits per heavy atom. The maximum Gasteiger partial charge on any atom is 0.410 e. The summed E-state index contributed by atoms with van der Waals surface area (Å²) in [5.74, 6) is 0.846. The van der Waals surface area contributed by atoms with Gasteiger partial charge in [0.1, 0.15) is 23.6 Å². The first-order chi connectivity index (χ1) is 16.5. The number of rotatable bonds is 5. The van der Waals surface area contributed by atoms with Crippen molar-refractivity contribution in [1.82, 2.24) is 14.9 Å². The third kappa shape index (κ3) is 6.53. The Bertz CT molecular complexity index is 1100. The summed E-state index contributed by atoms with van der Waals surface area (Å²) in [5, 5.41) is 3.03. The first kappa shape index (κ1) is 26.5. The van der Waals surface area contributed by atoms with Crippen LogP contribution in [-0.2, 0) is 16.3 Å². The summed E-state index contributed by atoms with van der Waals surface area (Å²) in [5.41, 5.74) is 1.40. The number of ether oxygens (including phenoxy) is 2. The van der Waals surface area contributed by atoms with Crippen LogP contribution in [0.2, 0.25) is 0 Å². The van der Waals surface area contributed by atoms with Crippen LogP contribution in [0.4, 0.5) is 20.7 Å². The number of carbonyl (C=O) groups excluding carboxylic acids is 1. The van der Waals surface area contributed by atoms with Crippen molar-refractivity contribution in [3.8, 4) is 5.88 Å². The summed E-state index contributed by atoms with van der Waals surface area (Å²) in [6, 6.07) is 5.33. The van der Waals surface area contributed by atoms with Gasteiger partial charge in [0.15, 0.2) is 0 Å². The van der Waals surface area contributed by atoms with E-state index in [-0.39, 0.29) is 29.9 Å². The lowest BCUT2D eigenvalue weighted by Gasteiger charge is -2.28. The maximum atomic E-state index is 14.2. The van der Waals surface area contributed by atoms with Crippen molar-refractivity contribution in [3.63, 3.8) is 0 Å². The van der Waals surface area contributed by atoms with Crippen LogP contribution < -0.4 is 10.1 Å². The molecule has 0 spiro atoms. The molecule has 4 rings (SSSR count). The van der Waals surface area contributed by atoms with Crippen molar-refractivity contribution in [2.75, 3.05) is 11.9 Å². The minimum absolute atomic E-state index is 0.122. The van der Waals surface area contributed by atoms with Gasteiger partial charge in [-0.3, -0.25) is 0 Å². The van der Waals surface area contributed by atoms with Gasteiger partial charge in [-0.05, 0) is 71.6 Å². The largest absolute Gasteiger partial charge is 0.477 e. The summed E-state index contributed by atoms with van der Waals surface area (Å²) in [6.45, 7) is 9.79. The zero-order chi connectivity index (χ0) is 25.8. The van der Waals surface area contributed by atoms with Gasteiger partial charge in [-0.1, -0.05) is 6.07 Å². The fourth-order valence-electron chi connectivity index (χ4n) is 4.63. The van der Waals surface area contributed by atoms with Gasteiger partial charge in [0, 0.05) is 18.0 Å². The van der Waals surface area contributed by atoms with Crippen molar-refractivity contribution < 1.29 is 27.1 Å². The van der Waals surface area contributed by atoms with Crippen molar-refractivity contribution in [2.24, 2.45) is 5.92 Å². The number of anilines is 2. The standard InChI is InChI=1S/C24H31FN4O3.O2S/c1-14-6-8-19(18(25)10-14)28-21-15(2)22(27-13-26-21)31-12-16-11-17-7-9-20(16)29(17)23(30)32-24(3,4)5;1-3-2/h6,8,10,13,16-17,20H,7,9,11-12H2,1-5H3,(H,26,27,28);. The van der Waals surface area contributed by atoms with E-state index in [2.05, 4.69) is 15.3 Å². The molecule has 9 nitrogen and oxygen atoms in total. The number of halogens is 1. The molecule has 0 aliphatic carbocycles. The van der Waals surface area contributed by atoms with E-state index in [9.17, 15) is 9.18 Å². The molecule has 11 heteroatoms. The molecule has 2 bridgehead atoms. The molecule has 1 aromatic carbocycles. The van der Waals surface area contributed by atoms with Crippen LogP contribution in [0.3, 0.4) is 0 Å². The van der Waals surface area contributed by atoms with Crippen LogP contribution in [0.1, 0.15) is 51.2 Å². The number of hydrogen-bond acceptors (Lipinski definition) is 8. The average Bonchev–Trinajstić information content (AvgIpc) is 3.34. The predicted octanol–water partition coefficient (Wildman–Crippen LogP) is 4.47. The second-order valence-corrected chi connectivity index (χ2v) is 9.96. The van der Waals surface area contributed by atoms with Crippen LogP contribution in [0.15, 0.2) is 24.5 Å². The Morgan fingerprint density at radius 3 is 2.60 bits per heavy atom. The van der Waals surface area contributed by atoms with Crippen LogP contribution in [0.25, 0.3) is 0 Å². The van der Waals surface area contributed by atoms with Gasteiger partial charge < -0.3 is 19.7 Å².